The molecule has 1 aromatic heterocycles. The van der Waals surface area contributed by atoms with Crippen LogP contribution < -0.4 is 11.1 Å². The number of carbonyl (C=O) groups is 2. The lowest BCUT2D eigenvalue weighted by Crippen LogP contribution is -2.39. The topological polar surface area (TPSA) is 92.4 Å². The number of hydrogen-bond acceptors (Lipinski definition) is 4. The van der Waals surface area contributed by atoms with Crippen LogP contribution >= 0.6 is 11.3 Å². The fourth-order valence-corrected chi connectivity index (χ4v) is 2.53. The Labute approximate surface area is 120 Å². The highest BCUT2D eigenvalue weighted by atomic mass is 32.1. The van der Waals surface area contributed by atoms with E-state index in [4.69, 9.17) is 5.73 Å². The summed E-state index contributed by atoms with van der Waals surface area (Å²) in [6.45, 7) is -0.194. The van der Waals surface area contributed by atoms with Gasteiger partial charge in [0.2, 0.25) is 5.91 Å². The molecule has 1 unspecified atom stereocenters. The highest BCUT2D eigenvalue weighted by Gasteiger charge is 2.17. The molecule has 2 amide bonds. The first-order valence-corrected chi connectivity index (χ1v) is 6.86. The fraction of sp³-hybridized carbons (Fsp3) is 0.143. The Balaban J connectivity index is 2.12. The van der Waals surface area contributed by atoms with E-state index in [9.17, 15) is 14.7 Å². The van der Waals surface area contributed by atoms with Crippen molar-refractivity contribution in [1.29, 1.82) is 0 Å². The molecule has 2 rings (SSSR count). The number of rotatable bonds is 5. The molecular formula is C14H14N2O3S. The van der Waals surface area contributed by atoms with Crippen LogP contribution in [0.2, 0.25) is 0 Å². The second-order valence-corrected chi connectivity index (χ2v) is 5.07. The summed E-state index contributed by atoms with van der Waals surface area (Å²) < 4.78 is 0. The van der Waals surface area contributed by atoms with Gasteiger partial charge in [0.25, 0.3) is 5.91 Å². The number of thiophene rings is 1. The Morgan fingerprint density at radius 3 is 2.60 bits per heavy atom. The smallest absolute Gasteiger partial charge is 0.262 e. The molecule has 0 bridgehead atoms. The molecule has 4 N–H and O–H groups in total. The minimum absolute atomic E-state index is 0.194. The molecule has 0 saturated carbocycles. The van der Waals surface area contributed by atoms with Gasteiger partial charge < -0.3 is 16.2 Å². The van der Waals surface area contributed by atoms with Gasteiger partial charge in [0, 0.05) is 5.56 Å². The van der Waals surface area contributed by atoms with Crippen molar-refractivity contribution in [2.75, 3.05) is 6.54 Å². The van der Waals surface area contributed by atoms with Crippen molar-refractivity contribution in [3.05, 3.63) is 46.7 Å². The third-order valence-electron chi connectivity index (χ3n) is 2.74. The molecule has 0 aliphatic carbocycles. The number of aliphatic hydroxyl groups excluding tert-OH is 1. The van der Waals surface area contributed by atoms with E-state index in [1.165, 1.54) is 11.3 Å². The molecule has 0 fully saturated rings. The number of amides is 2. The second-order valence-electron chi connectivity index (χ2n) is 4.16. The third-order valence-corrected chi connectivity index (χ3v) is 3.65. The molecule has 6 heteroatoms. The van der Waals surface area contributed by atoms with E-state index >= 15 is 0 Å². The Morgan fingerprint density at radius 2 is 1.95 bits per heavy atom. The molecule has 0 saturated heterocycles. The van der Waals surface area contributed by atoms with Crippen molar-refractivity contribution in [3.63, 3.8) is 0 Å². The summed E-state index contributed by atoms with van der Waals surface area (Å²) in [6.07, 6.45) is -1.38. The van der Waals surface area contributed by atoms with Gasteiger partial charge in [-0.05, 0) is 17.0 Å². The van der Waals surface area contributed by atoms with Gasteiger partial charge >= 0.3 is 0 Å². The predicted octanol–water partition coefficient (Wildman–Crippen LogP) is 0.991. The van der Waals surface area contributed by atoms with Gasteiger partial charge in [0.1, 0.15) is 6.10 Å². The summed E-state index contributed by atoms with van der Waals surface area (Å²) in [5.41, 5.74) is 6.68. The van der Waals surface area contributed by atoms with Crippen molar-refractivity contribution in [2.24, 2.45) is 5.73 Å². The summed E-state index contributed by atoms with van der Waals surface area (Å²) in [6, 6.07) is 11.4. The highest BCUT2D eigenvalue weighted by Crippen LogP contribution is 2.27. The summed E-state index contributed by atoms with van der Waals surface area (Å²) in [5.74, 6) is -1.20. The molecule has 20 heavy (non-hydrogen) atoms. The zero-order valence-electron chi connectivity index (χ0n) is 10.6. The SMILES string of the molecule is NC(=O)C(O)CNC(=O)c1sccc1-c1ccccc1. The minimum Gasteiger partial charge on any atom is -0.381 e. The van der Waals surface area contributed by atoms with Crippen LogP contribution in [0.5, 0.6) is 0 Å². The van der Waals surface area contributed by atoms with Crippen molar-refractivity contribution < 1.29 is 14.7 Å². The van der Waals surface area contributed by atoms with Crippen LogP contribution in [0.15, 0.2) is 41.8 Å². The average molecular weight is 290 g/mol. The lowest BCUT2D eigenvalue weighted by atomic mass is 10.1. The largest absolute Gasteiger partial charge is 0.381 e. The molecule has 1 heterocycles. The van der Waals surface area contributed by atoms with Crippen LogP contribution in [0.1, 0.15) is 9.67 Å². The summed E-state index contributed by atoms with van der Waals surface area (Å²) >= 11 is 1.30. The molecule has 1 atom stereocenters. The number of carbonyl (C=O) groups excluding carboxylic acids is 2. The average Bonchev–Trinajstić information content (AvgIpc) is 2.94. The fourth-order valence-electron chi connectivity index (χ4n) is 1.70. The molecule has 0 aliphatic rings. The molecule has 5 nitrogen and oxygen atoms in total. The Morgan fingerprint density at radius 1 is 1.25 bits per heavy atom. The lowest BCUT2D eigenvalue weighted by molar-refractivity contribution is -0.125. The Hall–Kier alpha value is -2.18. The van der Waals surface area contributed by atoms with Crippen LogP contribution in [-0.2, 0) is 4.79 Å². The maximum Gasteiger partial charge on any atom is 0.262 e. The second kappa shape index (κ2) is 6.31. The number of benzene rings is 1. The van der Waals surface area contributed by atoms with Crippen LogP contribution in [-0.4, -0.2) is 29.6 Å². The van der Waals surface area contributed by atoms with Crippen molar-refractivity contribution in [1.82, 2.24) is 5.32 Å². The summed E-state index contributed by atoms with van der Waals surface area (Å²) in [4.78, 5) is 23.3. The normalized spacial score (nSPS) is 11.8. The summed E-state index contributed by atoms with van der Waals surface area (Å²) in [5, 5.41) is 13.6. The van der Waals surface area contributed by atoms with Crippen LogP contribution in [0, 0.1) is 0 Å². The van der Waals surface area contributed by atoms with Gasteiger partial charge in [-0.15, -0.1) is 11.3 Å². The van der Waals surface area contributed by atoms with E-state index in [0.717, 1.165) is 11.1 Å². The van der Waals surface area contributed by atoms with Crippen LogP contribution in [0.3, 0.4) is 0 Å². The molecule has 0 spiro atoms. The minimum atomic E-state index is -1.38. The Kier molecular flexibility index (Phi) is 4.49. The molecule has 104 valence electrons. The van der Waals surface area contributed by atoms with Crippen LogP contribution in [0.25, 0.3) is 11.1 Å². The molecule has 0 aliphatic heterocycles. The maximum absolute atomic E-state index is 12.1. The number of aliphatic hydroxyl groups is 1. The predicted molar refractivity (Wildman–Crippen MR) is 77.3 cm³/mol. The zero-order valence-corrected chi connectivity index (χ0v) is 11.4. The van der Waals surface area contributed by atoms with Gasteiger partial charge in [0.05, 0.1) is 11.4 Å². The highest BCUT2D eigenvalue weighted by molar-refractivity contribution is 7.12. The van der Waals surface area contributed by atoms with E-state index in [0.29, 0.717) is 4.88 Å². The number of nitrogens with two attached hydrogens (primary N) is 1. The maximum atomic E-state index is 12.1. The number of nitrogens with one attached hydrogen (secondary N) is 1. The van der Waals surface area contributed by atoms with Gasteiger partial charge in [-0.1, -0.05) is 30.3 Å². The number of primary amides is 1. The van der Waals surface area contributed by atoms with E-state index in [-0.39, 0.29) is 12.5 Å². The first kappa shape index (κ1) is 14.2. The van der Waals surface area contributed by atoms with Gasteiger partial charge in [-0.25, -0.2) is 0 Å². The van der Waals surface area contributed by atoms with E-state index < -0.39 is 12.0 Å². The third kappa shape index (κ3) is 3.23. The van der Waals surface area contributed by atoms with Gasteiger partial charge in [-0.3, -0.25) is 9.59 Å². The molecule has 2 aromatic rings. The van der Waals surface area contributed by atoms with Crippen molar-refractivity contribution >= 4 is 23.2 Å². The molecule has 0 radical (unpaired) electrons. The van der Waals surface area contributed by atoms with Crippen molar-refractivity contribution in [3.8, 4) is 11.1 Å². The van der Waals surface area contributed by atoms with E-state index in [1.807, 2.05) is 41.8 Å². The first-order chi connectivity index (χ1) is 9.59. The first-order valence-electron chi connectivity index (χ1n) is 5.98. The zero-order chi connectivity index (χ0) is 14.5. The van der Waals surface area contributed by atoms with Gasteiger partial charge in [0.15, 0.2) is 0 Å². The Bertz CT molecular complexity index is 610. The van der Waals surface area contributed by atoms with E-state index in [2.05, 4.69) is 5.32 Å². The van der Waals surface area contributed by atoms with E-state index in [1.54, 1.807) is 0 Å². The quantitative estimate of drug-likeness (QED) is 0.766. The van der Waals surface area contributed by atoms with Crippen LogP contribution in [0.4, 0.5) is 0 Å². The monoisotopic (exact) mass is 290 g/mol. The standard InChI is InChI=1S/C14H14N2O3S/c15-13(18)11(17)8-16-14(19)12-10(6-7-20-12)9-4-2-1-3-5-9/h1-7,11,17H,8H2,(H2,15,18)(H,16,19). The molecular weight excluding hydrogens is 276 g/mol. The molecule has 1 aromatic carbocycles. The number of hydrogen-bond donors (Lipinski definition) is 3. The summed E-state index contributed by atoms with van der Waals surface area (Å²) in [7, 11) is 0. The van der Waals surface area contributed by atoms with Gasteiger partial charge in [-0.2, -0.15) is 0 Å². The van der Waals surface area contributed by atoms with Crippen molar-refractivity contribution in [2.45, 2.75) is 6.10 Å². The lowest BCUT2D eigenvalue weighted by Gasteiger charge is -2.09.